The molecule has 1 unspecified atom stereocenters. The molecule has 144 valence electrons. The highest BCUT2D eigenvalue weighted by Gasteiger charge is 2.47. The van der Waals surface area contributed by atoms with E-state index in [0.717, 1.165) is 12.8 Å². The van der Waals surface area contributed by atoms with Crippen LogP contribution in [0, 0.1) is 0 Å². The zero-order valence-corrected chi connectivity index (χ0v) is 15.4. The van der Waals surface area contributed by atoms with Crippen molar-refractivity contribution in [3.63, 3.8) is 0 Å². The topological polar surface area (TPSA) is 110 Å². The molecule has 26 heavy (non-hydrogen) atoms. The highest BCUT2D eigenvalue weighted by molar-refractivity contribution is 6.03. The summed E-state index contributed by atoms with van der Waals surface area (Å²) in [4.78, 5) is 52.5. The van der Waals surface area contributed by atoms with Crippen LogP contribution in [0.15, 0.2) is 0 Å². The Balaban J connectivity index is 1.62. The van der Waals surface area contributed by atoms with Crippen LogP contribution >= 0.6 is 0 Å². The molecule has 0 aromatic heterocycles. The number of hydrogen-bond donors (Lipinski definition) is 2. The fourth-order valence-corrected chi connectivity index (χ4v) is 4.20. The molecule has 2 N–H and O–H groups in total. The van der Waals surface area contributed by atoms with E-state index in [0.29, 0.717) is 12.8 Å². The second-order valence-electron chi connectivity index (χ2n) is 8.00. The zero-order chi connectivity index (χ0) is 19.2. The van der Waals surface area contributed by atoms with Crippen molar-refractivity contribution in [1.82, 2.24) is 20.0 Å². The maximum Gasteiger partial charge on any atom is 0.325 e. The molecular formula is C17H26N4O5. The van der Waals surface area contributed by atoms with Crippen LogP contribution in [0.2, 0.25) is 0 Å². The number of piperidine rings is 1. The fourth-order valence-electron chi connectivity index (χ4n) is 4.20. The van der Waals surface area contributed by atoms with Gasteiger partial charge in [0.25, 0.3) is 5.91 Å². The molecule has 9 heteroatoms. The Morgan fingerprint density at radius 3 is 2.27 bits per heavy atom. The van der Waals surface area contributed by atoms with Crippen molar-refractivity contribution in [2.75, 3.05) is 20.1 Å². The maximum absolute atomic E-state index is 12.5. The van der Waals surface area contributed by atoms with Crippen LogP contribution in [0.25, 0.3) is 0 Å². The van der Waals surface area contributed by atoms with E-state index in [1.807, 2.05) is 0 Å². The maximum atomic E-state index is 12.5. The lowest BCUT2D eigenvalue weighted by molar-refractivity contribution is -0.154. The third-order valence-corrected chi connectivity index (χ3v) is 5.60. The van der Waals surface area contributed by atoms with Crippen molar-refractivity contribution in [1.29, 1.82) is 0 Å². The quantitative estimate of drug-likeness (QED) is 0.639. The molecule has 5 amide bonds. The highest BCUT2D eigenvalue weighted by Crippen LogP contribution is 2.38. The number of hydrogen-bond acceptors (Lipinski definition) is 5. The van der Waals surface area contributed by atoms with Crippen LogP contribution in [0.4, 0.5) is 4.79 Å². The van der Waals surface area contributed by atoms with Crippen molar-refractivity contribution in [2.24, 2.45) is 0 Å². The summed E-state index contributed by atoms with van der Waals surface area (Å²) in [7, 11) is 1.70. The molecule has 3 atom stereocenters. The molecule has 3 aliphatic rings. The molecule has 0 aromatic rings. The largest absolute Gasteiger partial charge is 0.381 e. The van der Waals surface area contributed by atoms with Gasteiger partial charge < -0.3 is 19.8 Å². The summed E-state index contributed by atoms with van der Waals surface area (Å²) < 4.78 is 0. The van der Waals surface area contributed by atoms with E-state index in [2.05, 4.69) is 5.32 Å². The van der Waals surface area contributed by atoms with Gasteiger partial charge in [-0.15, -0.1) is 0 Å². The van der Waals surface area contributed by atoms with Crippen molar-refractivity contribution in [2.45, 2.75) is 63.3 Å². The van der Waals surface area contributed by atoms with E-state index in [-0.39, 0.29) is 43.0 Å². The molecule has 0 spiro atoms. The molecular weight excluding hydrogens is 340 g/mol. The number of amides is 5. The monoisotopic (exact) mass is 366 g/mol. The average molecular weight is 366 g/mol. The van der Waals surface area contributed by atoms with E-state index in [4.69, 9.17) is 0 Å². The number of rotatable bonds is 4. The van der Waals surface area contributed by atoms with Gasteiger partial charge in [0, 0.05) is 25.2 Å². The molecule has 2 bridgehead atoms. The van der Waals surface area contributed by atoms with Gasteiger partial charge in [0.15, 0.2) is 0 Å². The summed E-state index contributed by atoms with van der Waals surface area (Å²) in [6.45, 7) is 2.77. The number of nitrogens with zero attached hydrogens (tertiary/aromatic N) is 3. The van der Waals surface area contributed by atoms with Crippen LogP contribution in [0.1, 0.15) is 39.5 Å². The van der Waals surface area contributed by atoms with Crippen molar-refractivity contribution in [3.8, 4) is 0 Å². The molecule has 3 saturated heterocycles. The number of likely N-dealkylation sites (N-methyl/N-ethyl adjacent to an activating group) is 1. The predicted molar refractivity (Wildman–Crippen MR) is 90.9 cm³/mol. The van der Waals surface area contributed by atoms with Crippen LogP contribution in [0.3, 0.4) is 0 Å². The first-order valence-corrected chi connectivity index (χ1v) is 8.97. The summed E-state index contributed by atoms with van der Waals surface area (Å²) in [5.41, 5.74) is -1.40. The Kier molecular flexibility index (Phi) is 4.68. The van der Waals surface area contributed by atoms with E-state index < -0.39 is 17.5 Å². The number of urea groups is 1. The summed E-state index contributed by atoms with van der Waals surface area (Å²) in [5.74, 6) is -0.881. The summed E-state index contributed by atoms with van der Waals surface area (Å²) >= 11 is 0. The van der Waals surface area contributed by atoms with Gasteiger partial charge in [-0.2, -0.15) is 0 Å². The fraction of sp³-hybridized carbons (Fsp3) is 0.765. The first-order valence-electron chi connectivity index (χ1n) is 8.97. The number of carbonyl (C=O) groups is 4. The second kappa shape index (κ2) is 6.53. The van der Waals surface area contributed by atoms with Gasteiger partial charge in [-0.3, -0.25) is 19.7 Å². The first kappa shape index (κ1) is 18.6. The zero-order valence-electron chi connectivity index (χ0n) is 15.4. The number of carbonyl (C=O) groups excluding carboxylic acids is 4. The van der Waals surface area contributed by atoms with E-state index in [1.54, 1.807) is 16.8 Å². The third kappa shape index (κ3) is 3.40. The average Bonchev–Trinajstić information content (AvgIpc) is 2.99. The third-order valence-electron chi connectivity index (χ3n) is 5.60. The first-order chi connectivity index (χ1) is 12.1. The minimum absolute atomic E-state index is 0.0181. The van der Waals surface area contributed by atoms with Gasteiger partial charge in [0.05, 0.1) is 0 Å². The minimum Gasteiger partial charge on any atom is -0.381 e. The summed E-state index contributed by atoms with van der Waals surface area (Å²) in [6, 6.07) is -0.524. The Hall–Kier alpha value is -2.16. The van der Waals surface area contributed by atoms with E-state index >= 15 is 0 Å². The SMILES string of the molecule is CN(C(=O)CN1CC(=O)NC1=O)C1C[C@H]2CC[C@@H](C1)N2C(=O)C(C)(C)O. The van der Waals surface area contributed by atoms with Crippen molar-refractivity contribution < 1.29 is 24.3 Å². The highest BCUT2D eigenvalue weighted by atomic mass is 16.3. The Morgan fingerprint density at radius 2 is 1.81 bits per heavy atom. The normalized spacial score (nSPS) is 28.4. The molecule has 3 fully saturated rings. The standard InChI is InChI=1S/C17H26N4O5/c1-17(2,26)15(24)21-10-4-5-11(21)7-12(6-10)19(3)14(23)9-20-8-13(22)18-16(20)25/h10-12,26H,4-9H2,1-3H3,(H,18,22,25)/t10-,11+,12?. The van der Waals surface area contributed by atoms with Crippen molar-refractivity contribution in [3.05, 3.63) is 0 Å². The van der Waals surface area contributed by atoms with Gasteiger partial charge in [-0.25, -0.2) is 4.79 Å². The molecule has 0 saturated carbocycles. The number of fused-ring (bicyclic) bond motifs is 2. The predicted octanol–water partition coefficient (Wildman–Crippen LogP) is -0.710. The molecule has 3 rings (SSSR count). The van der Waals surface area contributed by atoms with E-state index in [9.17, 15) is 24.3 Å². The second-order valence-corrected chi connectivity index (χ2v) is 8.00. The smallest absolute Gasteiger partial charge is 0.325 e. The minimum atomic E-state index is -1.40. The Morgan fingerprint density at radius 1 is 1.23 bits per heavy atom. The van der Waals surface area contributed by atoms with Crippen molar-refractivity contribution >= 4 is 23.8 Å². The molecule has 0 radical (unpaired) electrons. The number of nitrogens with one attached hydrogen (secondary N) is 1. The molecule has 3 aliphatic heterocycles. The molecule has 0 aliphatic carbocycles. The van der Waals surface area contributed by atoms with Crippen LogP contribution in [0.5, 0.6) is 0 Å². The van der Waals surface area contributed by atoms with Gasteiger partial charge in [-0.05, 0) is 39.5 Å². The van der Waals surface area contributed by atoms with Gasteiger partial charge in [0.1, 0.15) is 18.7 Å². The molecule has 3 heterocycles. The Bertz CT molecular complexity index is 630. The van der Waals surface area contributed by atoms with Gasteiger partial charge >= 0.3 is 6.03 Å². The van der Waals surface area contributed by atoms with Crippen LogP contribution in [-0.4, -0.2) is 87.4 Å². The van der Waals surface area contributed by atoms with Gasteiger partial charge in [-0.1, -0.05) is 0 Å². The lowest BCUT2D eigenvalue weighted by atomic mass is 9.94. The van der Waals surface area contributed by atoms with Crippen LogP contribution in [-0.2, 0) is 14.4 Å². The molecule has 0 aromatic carbocycles. The lowest BCUT2D eigenvalue weighted by Gasteiger charge is -2.44. The lowest BCUT2D eigenvalue weighted by Crippen LogP contribution is -2.57. The van der Waals surface area contributed by atoms with Crippen LogP contribution < -0.4 is 5.32 Å². The molecule has 9 nitrogen and oxygen atoms in total. The van der Waals surface area contributed by atoms with E-state index in [1.165, 1.54) is 18.7 Å². The summed E-state index contributed by atoms with van der Waals surface area (Å²) in [6.07, 6.45) is 3.06. The summed E-state index contributed by atoms with van der Waals surface area (Å²) in [5, 5.41) is 12.2. The number of aliphatic hydroxyl groups is 1. The Labute approximate surface area is 152 Å². The number of imide groups is 1. The van der Waals surface area contributed by atoms with Gasteiger partial charge in [0.2, 0.25) is 11.8 Å².